The van der Waals surface area contributed by atoms with Crippen molar-refractivity contribution in [2.75, 3.05) is 23.9 Å². The molecule has 0 heterocycles. The fraction of sp³-hybridized carbons (Fsp3) is 0.300. The molecule has 0 aliphatic rings. The third-order valence-electron chi connectivity index (χ3n) is 4.28. The number of benzene rings is 2. The minimum absolute atomic E-state index is 0.117. The van der Waals surface area contributed by atoms with Gasteiger partial charge in [0.25, 0.3) is 10.1 Å². The number of hydrogen-bond acceptors (Lipinski definition) is 9. The van der Waals surface area contributed by atoms with Crippen molar-refractivity contribution in [2.45, 2.75) is 25.2 Å². The van der Waals surface area contributed by atoms with Crippen LogP contribution >= 0.6 is 0 Å². The molecule has 1 amide bonds. The van der Waals surface area contributed by atoms with E-state index in [2.05, 4.69) is 15.5 Å². The summed E-state index contributed by atoms with van der Waals surface area (Å²) >= 11 is 0. The summed E-state index contributed by atoms with van der Waals surface area (Å²) in [6.07, 6.45) is -0.259. The Morgan fingerprint density at radius 1 is 1.03 bits per heavy atom. The topological polar surface area (TPSA) is 169 Å². The van der Waals surface area contributed by atoms with Crippen LogP contribution in [0.4, 0.5) is 17.1 Å². The van der Waals surface area contributed by atoms with E-state index in [4.69, 9.17) is 9.29 Å². The number of amides is 1. The molecule has 0 unspecified atom stereocenters. The summed E-state index contributed by atoms with van der Waals surface area (Å²) in [5.74, 6) is -2.08. The average Bonchev–Trinajstić information content (AvgIpc) is 2.71. The highest BCUT2D eigenvalue weighted by Gasteiger charge is 2.18. The zero-order valence-corrected chi connectivity index (χ0v) is 19.7. The Balaban J connectivity index is 2.20. The number of azo groups is 1. The minimum Gasteiger partial charge on any atom is -0.494 e. The van der Waals surface area contributed by atoms with Crippen LogP contribution in [0.2, 0.25) is 0 Å². The summed E-state index contributed by atoms with van der Waals surface area (Å²) in [7, 11) is -6.89. The summed E-state index contributed by atoms with van der Waals surface area (Å²) in [6.45, 7) is 3.05. The van der Waals surface area contributed by atoms with Crippen molar-refractivity contribution in [1.82, 2.24) is 0 Å². The van der Waals surface area contributed by atoms with Gasteiger partial charge in [0.2, 0.25) is 5.91 Å². The smallest absolute Gasteiger partial charge is 0.265 e. The fourth-order valence-corrected chi connectivity index (χ4v) is 5.14. The van der Waals surface area contributed by atoms with E-state index in [9.17, 15) is 26.4 Å². The Morgan fingerprint density at radius 3 is 2.21 bits per heavy atom. The monoisotopic (exact) mass is 497 g/mol. The molecule has 33 heavy (non-hydrogen) atoms. The van der Waals surface area contributed by atoms with Crippen LogP contribution in [-0.2, 0) is 29.5 Å². The quantitative estimate of drug-likeness (QED) is 0.287. The number of nitrogens with zero attached hydrogens (tertiary/aromatic N) is 2. The second-order valence-electron chi connectivity index (χ2n) is 7.06. The number of ketones is 1. The van der Waals surface area contributed by atoms with Gasteiger partial charge in [0.1, 0.15) is 11.5 Å². The number of nitrogens with one attached hydrogen (secondary N) is 1. The van der Waals surface area contributed by atoms with Gasteiger partial charge in [-0.3, -0.25) is 14.1 Å². The number of rotatable bonds is 10. The van der Waals surface area contributed by atoms with Crippen LogP contribution in [0.15, 0.2) is 51.5 Å². The largest absolute Gasteiger partial charge is 0.494 e. The molecule has 0 spiro atoms. The van der Waals surface area contributed by atoms with E-state index in [0.717, 1.165) is 0 Å². The first-order valence-electron chi connectivity index (χ1n) is 9.48. The molecular weight excluding hydrogens is 474 g/mol. The maximum atomic E-state index is 12.2. The highest BCUT2D eigenvalue weighted by molar-refractivity contribution is 7.93. The summed E-state index contributed by atoms with van der Waals surface area (Å²) < 4.78 is 59.9. The third kappa shape index (κ3) is 8.04. The van der Waals surface area contributed by atoms with E-state index in [1.165, 1.54) is 38.3 Å². The van der Waals surface area contributed by atoms with E-state index in [1.807, 2.05) is 0 Å². The lowest BCUT2D eigenvalue weighted by molar-refractivity contribution is -0.124. The second-order valence-corrected chi connectivity index (χ2v) is 10.7. The molecule has 0 saturated heterocycles. The number of Topliss-reactive ketones (excluding diaryl/α,β-unsaturated/α-hetero) is 1. The minimum atomic E-state index is -4.40. The van der Waals surface area contributed by atoms with Crippen LogP contribution in [0.1, 0.15) is 18.9 Å². The molecule has 2 aromatic carbocycles. The molecule has 0 aromatic heterocycles. The van der Waals surface area contributed by atoms with Crippen LogP contribution < -0.4 is 10.1 Å². The van der Waals surface area contributed by atoms with Gasteiger partial charge < -0.3 is 10.1 Å². The number of aryl methyl sites for hydroxylation is 1. The predicted octanol–water partition coefficient (Wildman–Crippen LogP) is 3.00. The molecule has 0 aliphatic carbocycles. The van der Waals surface area contributed by atoms with E-state index in [0.29, 0.717) is 28.4 Å². The van der Waals surface area contributed by atoms with Crippen LogP contribution in [0, 0.1) is 6.92 Å². The molecule has 0 fully saturated rings. The molecule has 2 N–H and O–H groups in total. The third-order valence-corrected chi connectivity index (χ3v) is 6.99. The number of methoxy groups -OCH3 is 1. The van der Waals surface area contributed by atoms with E-state index in [1.54, 1.807) is 19.1 Å². The molecule has 0 radical (unpaired) electrons. The summed E-state index contributed by atoms with van der Waals surface area (Å²) in [5.41, 5.74) is 1.80. The van der Waals surface area contributed by atoms with Gasteiger partial charge in [-0.1, -0.05) is 0 Å². The Morgan fingerprint density at radius 2 is 1.67 bits per heavy atom. The predicted molar refractivity (Wildman–Crippen MR) is 121 cm³/mol. The standard InChI is InChI=1S/C20H23N3O8S2/c1-13-10-18(21-20(25)11-14(2)24)19(31-3)12-17(13)23-22-15-4-6-16(7-5-15)32(26,27)8-9-33(28,29)30/h4-7,10,12H,8-9,11H2,1-3H3,(H,21,25)(H,28,29,30). The molecule has 2 aromatic rings. The Hall–Kier alpha value is -3.16. The van der Waals surface area contributed by atoms with Crippen molar-refractivity contribution >= 4 is 48.7 Å². The summed E-state index contributed by atoms with van der Waals surface area (Å²) in [6, 6.07) is 8.48. The van der Waals surface area contributed by atoms with Crippen molar-refractivity contribution in [3.05, 3.63) is 42.0 Å². The molecule has 0 atom stereocenters. The van der Waals surface area contributed by atoms with E-state index >= 15 is 0 Å². The van der Waals surface area contributed by atoms with Gasteiger partial charge >= 0.3 is 0 Å². The van der Waals surface area contributed by atoms with Crippen molar-refractivity contribution in [2.24, 2.45) is 10.2 Å². The lowest BCUT2D eigenvalue weighted by Crippen LogP contribution is -2.16. The van der Waals surface area contributed by atoms with Crippen molar-refractivity contribution in [3.63, 3.8) is 0 Å². The molecule has 178 valence electrons. The maximum Gasteiger partial charge on any atom is 0.265 e. The first kappa shape index (κ1) is 26.1. The molecule has 0 aliphatic heterocycles. The van der Waals surface area contributed by atoms with Gasteiger partial charge in [-0.25, -0.2) is 8.42 Å². The van der Waals surface area contributed by atoms with Gasteiger partial charge in [-0.2, -0.15) is 18.6 Å². The Kier molecular flexibility index (Phi) is 8.41. The molecular formula is C20H23N3O8S2. The van der Waals surface area contributed by atoms with Crippen molar-refractivity contribution < 1.29 is 35.7 Å². The lowest BCUT2D eigenvalue weighted by Gasteiger charge is -2.12. The zero-order valence-electron chi connectivity index (χ0n) is 18.1. The van der Waals surface area contributed by atoms with E-state index < -0.39 is 37.4 Å². The maximum absolute atomic E-state index is 12.2. The van der Waals surface area contributed by atoms with Gasteiger partial charge in [-0.15, -0.1) is 0 Å². The molecule has 0 bridgehead atoms. The molecule has 2 rings (SSSR count). The van der Waals surface area contributed by atoms with Crippen LogP contribution in [0.5, 0.6) is 5.75 Å². The van der Waals surface area contributed by atoms with Crippen molar-refractivity contribution in [1.29, 1.82) is 0 Å². The number of carbonyl (C=O) groups is 2. The number of carbonyl (C=O) groups excluding carboxylic acids is 2. The Bertz CT molecular complexity index is 1290. The summed E-state index contributed by atoms with van der Waals surface area (Å²) in [5, 5.41) is 10.8. The van der Waals surface area contributed by atoms with Gasteiger partial charge in [0.05, 0.1) is 47.0 Å². The molecule has 0 saturated carbocycles. The molecule has 13 heteroatoms. The zero-order chi connectivity index (χ0) is 24.8. The number of sulfone groups is 1. The van der Waals surface area contributed by atoms with Gasteiger partial charge in [-0.05, 0) is 49.7 Å². The highest BCUT2D eigenvalue weighted by atomic mass is 32.2. The average molecular weight is 498 g/mol. The number of hydrogen-bond donors (Lipinski definition) is 2. The van der Waals surface area contributed by atoms with Gasteiger partial charge in [0, 0.05) is 6.07 Å². The number of anilines is 1. The summed E-state index contributed by atoms with van der Waals surface area (Å²) in [4.78, 5) is 22.9. The first-order chi connectivity index (χ1) is 15.3. The SMILES string of the molecule is COc1cc(N=Nc2ccc(S(=O)(=O)CCS(=O)(=O)O)cc2)c(C)cc1NC(=O)CC(C)=O. The highest BCUT2D eigenvalue weighted by Crippen LogP contribution is 2.34. The van der Waals surface area contributed by atoms with Crippen LogP contribution in [0.25, 0.3) is 0 Å². The van der Waals surface area contributed by atoms with Crippen LogP contribution in [0.3, 0.4) is 0 Å². The lowest BCUT2D eigenvalue weighted by atomic mass is 10.1. The van der Waals surface area contributed by atoms with E-state index in [-0.39, 0.29) is 17.1 Å². The molecule has 11 nitrogen and oxygen atoms in total. The fourth-order valence-electron chi connectivity index (χ4n) is 2.64. The number of ether oxygens (including phenoxy) is 1. The first-order valence-corrected chi connectivity index (χ1v) is 12.7. The Labute approximate surface area is 191 Å². The normalized spacial score (nSPS) is 12.0. The van der Waals surface area contributed by atoms with Gasteiger partial charge in [0.15, 0.2) is 9.84 Å². The van der Waals surface area contributed by atoms with Crippen molar-refractivity contribution in [3.8, 4) is 5.75 Å². The second kappa shape index (κ2) is 10.6. The van der Waals surface area contributed by atoms with Crippen LogP contribution in [-0.4, -0.2) is 51.7 Å².